The van der Waals surface area contributed by atoms with Gasteiger partial charge in [-0.1, -0.05) is 19.1 Å². The Balaban J connectivity index is 1.29. The number of hydrogen-bond donors (Lipinski definition) is 2. The maximum absolute atomic E-state index is 13.0. The van der Waals surface area contributed by atoms with E-state index in [1.54, 1.807) is 0 Å². The molecule has 0 spiro atoms. The van der Waals surface area contributed by atoms with Gasteiger partial charge in [0.1, 0.15) is 0 Å². The van der Waals surface area contributed by atoms with Gasteiger partial charge in [0.25, 0.3) is 5.91 Å². The monoisotopic (exact) mass is 379 g/mol. The molecule has 2 heterocycles. The second-order valence-corrected chi connectivity index (χ2v) is 9.01. The van der Waals surface area contributed by atoms with Gasteiger partial charge >= 0.3 is 0 Å². The van der Waals surface area contributed by atoms with E-state index in [0.717, 1.165) is 62.7 Å². The number of piperidine rings is 1. The van der Waals surface area contributed by atoms with Gasteiger partial charge in [0.05, 0.1) is 11.1 Å². The fraction of sp³-hybridized carbons (Fsp3) is 0.565. The minimum atomic E-state index is 0.00390. The summed E-state index contributed by atoms with van der Waals surface area (Å²) in [7, 11) is 0. The molecule has 1 saturated heterocycles. The number of hydrogen-bond acceptors (Lipinski definition) is 2. The standard InChI is InChI=1S/C23H29N3O2/c1-14-5-8-20-19(13-14)17-3-2-4-18(21(17)25-20)22(27)24-16-9-11-26(12-10-16)23(28)15-6-7-15/h2-4,14-16,25H,5-13H2,1H3,(H,24,27). The number of carbonyl (C=O) groups excluding carboxylic acids is 2. The average molecular weight is 380 g/mol. The molecule has 2 N–H and O–H groups in total. The number of para-hydroxylation sites is 1. The van der Waals surface area contributed by atoms with Crippen molar-refractivity contribution in [2.24, 2.45) is 11.8 Å². The predicted octanol–water partition coefficient (Wildman–Crippen LogP) is 3.42. The highest BCUT2D eigenvalue weighted by Crippen LogP contribution is 2.33. The number of nitrogens with zero attached hydrogens (tertiary/aromatic N) is 1. The first kappa shape index (κ1) is 17.8. The SMILES string of the molecule is CC1CCc2[nH]c3c(C(=O)NC4CCN(C(=O)C5CC5)CC4)cccc3c2C1. The van der Waals surface area contributed by atoms with Crippen molar-refractivity contribution >= 4 is 22.7 Å². The fourth-order valence-electron chi connectivity index (χ4n) is 4.90. The largest absolute Gasteiger partial charge is 0.358 e. The van der Waals surface area contributed by atoms with Crippen LogP contribution < -0.4 is 5.32 Å². The zero-order valence-electron chi connectivity index (χ0n) is 16.6. The first-order valence-corrected chi connectivity index (χ1v) is 10.8. The van der Waals surface area contributed by atoms with Gasteiger partial charge in [0, 0.05) is 36.1 Å². The molecule has 148 valence electrons. The van der Waals surface area contributed by atoms with E-state index in [-0.39, 0.29) is 17.9 Å². The van der Waals surface area contributed by atoms with Crippen LogP contribution in [0.15, 0.2) is 18.2 Å². The summed E-state index contributed by atoms with van der Waals surface area (Å²) in [6.45, 7) is 3.83. The molecule has 0 bridgehead atoms. The molecule has 2 aliphatic carbocycles. The van der Waals surface area contributed by atoms with Crippen molar-refractivity contribution < 1.29 is 9.59 Å². The van der Waals surface area contributed by atoms with Gasteiger partial charge in [-0.05, 0) is 62.5 Å². The Bertz CT molecular complexity index is 919. The molecule has 1 aliphatic heterocycles. The number of likely N-dealkylation sites (tertiary alicyclic amines) is 1. The lowest BCUT2D eigenvalue weighted by molar-refractivity contribution is -0.133. The summed E-state index contributed by atoms with van der Waals surface area (Å²) in [5.74, 6) is 1.31. The zero-order chi connectivity index (χ0) is 19.3. The maximum atomic E-state index is 13.0. The number of benzene rings is 1. The van der Waals surface area contributed by atoms with E-state index in [1.807, 2.05) is 17.0 Å². The summed E-state index contributed by atoms with van der Waals surface area (Å²) in [5, 5.41) is 4.43. The van der Waals surface area contributed by atoms with E-state index in [0.29, 0.717) is 11.8 Å². The molecule has 1 saturated carbocycles. The van der Waals surface area contributed by atoms with E-state index in [2.05, 4.69) is 23.3 Å². The molecule has 2 aromatic rings. The van der Waals surface area contributed by atoms with Crippen LogP contribution >= 0.6 is 0 Å². The molecule has 5 heteroatoms. The zero-order valence-corrected chi connectivity index (χ0v) is 16.6. The molecule has 28 heavy (non-hydrogen) atoms. The summed E-state index contributed by atoms with van der Waals surface area (Å²) >= 11 is 0. The smallest absolute Gasteiger partial charge is 0.253 e. The second-order valence-electron chi connectivity index (χ2n) is 9.01. The highest BCUT2D eigenvalue weighted by Gasteiger charge is 2.35. The third kappa shape index (κ3) is 3.21. The van der Waals surface area contributed by atoms with Gasteiger partial charge in [-0.2, -0.15) is 0 Å². The first-order chi connectivity index (χ1) is 13.6. The normalized spacial score (nSPS) is 22.9. The van der Waals surface area contributed by atoms with Crippen molar-refractivity contribution in [3.05, 3.63) is 35.0 Å². The number of amides is 2. The van der Waals surface area contributed by atoms with Gasteiger partial charge < -0.3 is 15.2 Å². The minimum Gasteiger partial charge on any atom is -0.358 e. The van der Waals surface area contributed by atoms with Crippen molar-refractivity contribution in [2.45, 2.75) is 57.9 Å². The van der Waals surface area contributed by atoms with Gasteiger partial charge in [0.15, 0.2) is 0 Å². The number of aryl methyl sites for hydroxylation is 1. The van der Waals surface area contributed by atoms with E-state index in [9.17, 15) is 9.59 Å². The number of H-pyrrole nitrogens is 1. The Labute approximate surface area is 165 Å². The van der Waals surface area contributed by atoms with Gasteiger partial charge in [-0.3, -0.25) is 9.59 Å². The molecule has 5 rings (SSSR count). The van der Waals surface area contributed by atoms with Gasteiger partial charge in [-0.25, -0.2) is 0 Å². The Morgan fingerprint density at radius 2 is 1.89 bits per heavy atom. The van der Waals surface area contributed by atoms with Crippen LogP contribution in [0.5, 0.6) is 0 Å². The lowest BCUT2D eigenvalue weighted by atomic mass is 9.87. The fourth-order valence-corrected chi connectivity index (χ4v) is 4.90. The average Bonchev–Trinajstić information content (AvgIpc) is 3.49. The van der Waals surface area contributed by atoms with Crippen molar-refractivity contribution in [3.63, 3.8) is 0 Å². The maximum Gasteiger partial charge on any atom is 0.253 e. The first-order valence-electron chi connectivity index (χ1n) is 10.8. The summed E-state index contributed by atoms with van der Waals surface area (Å²) < 4.78 is 0. The van der Waals surface area contributed by atoms with Crippen molar-refractivity contribution in [1.29, 1.82) is 0 Å². The van der Waals surface area contributed by atoms with Crippen molar-refractivity contribution in [2.75, 3.05) is 13.1 Å². The van der Waals surface area contributed by atoms with Crippen LogP contribution in [0.4, 0.5) is 0 Å². The second kappa shape index (κ2) is 6.94. The number of aromatic nitrogens is 1. The van der Waals surface area contributed by atoms with Crippen LogP contribution in [0.2, 0.25) is 0 Å². The third-order valence-electron chi connectivity index (χ3n) is 6.78. The summed E-state index contributed by atoms with van der Waals surface area (Å²) in [6, 6.07) is 6.22. The quantitative estimate of drug-likeness (QED) is 0.858. The molecule has 1 aromatic heterocycles. The van der Waals surface area contributed by atoms with Gasteiger partial charge in [0.2, 0.25) is 5.91 Å². The van der Waals surface area contributed by atoms with E-state index < -0.39 is 0 Å². The molecule has 5 nitrogen and oxygen atoms in total. The van der Waals surface area contributed by atoms with Crippen LogP contribution in [-0.2, 0) is 17.6 Å². The highest BCUT2D eigenvalue weighted by atomic mass is 16.2. The topological polar surface area (TPSA) is 65.2 Å². The number of nitrogens with one attached hydrogen (secondary N) is 2. The van der Waals surface area contributed by atoms with Crippen molar-refractivity contribution in [1.82, 2.24) is 15.2 Å². The van der Waals surface area contributed by atoms with Crippen LogP contribution in [0, 0.1) is 11.8 Å². The third-order valence-corrected chi connectivity index (χ3v) is 6.78. The Morgan fingerprint density at radius 1 is 1.11 bits per heavy atom. The lowest BCUT2D eigenvalue weighted by Gasteiger charge is -2.32. The van der Waals surface area contributed by atoms with Crippen LogP contribution in [0.3, 0.4) is 0 Å². The minimum absolute atomic E-state index is 0.00390. The number of rotatable bonds is 3. The summed E-state index contributed by atoms with van der Waals surface area (Å²) in [4.78, 5) is 30.8. The van der Waals surface area contributed by atoms with E-state index in [1.165, 1.54) is 23.1 Å². The number of carbonyl (C=O) groups is 2. The van der Waals surface area contributed by atoms with Crippen molar-refractivity contribution in [3.8, 4) is 0 Å². The molecule has 0 radical (unpaired) electrons. The van der Waals surface area contributed by atoms with Crippen LogP contribution in [0.1, 0.15) is 60.6 Å². The Morgan fingerprint density at radius 3 is 2.64 bits per heavy atom. The predicted molar refractivity (Wildman–Crippen MR) is 109 cm³/mol. The molecule has 2 amide bonds. The van der Waals surface area contributed by atoms with Gasteiger partial charge in [-0.15, -0.1) is 0 Å². The lowest BCUT2D eigenvalue weighted by Crippen LogP contribution is -2.47. The summed E-state index contributed by atoms with van der Waals surface area (Å²) in [5.41, 5.74) is 4.44. The molecule has 3 aliphatic rings. The van der Waals surface area contributed by atoms with E-state index >= 15 is 0 Å². The highest BCUT2D eigenvalue weighted by molar-refractivity contribution is 6.07. The Kier molecular flexibility index (Phi) is 4.41. The van der Waals surface area contributed by atoms with Crippen LogP contribution in [0.25, 0.3) is 10.9 Å². The molecular formula is C23H29N3O2. The van der Waals surface area contributed by atoms with E-state index in [4.69, 9.17) is 0 Å². The number of aromatic amines is 1. The molecular weight excluding hydrogens is 350 g/mol. The molecule has 1 atom stereocenters. The van der Waals surface area contributed by atoms with Crippen LogP contribution in [-0.4, -0.2) is 40.8 Å². The molecule has 1 unspecified atom stereocenters. The molecule has 2 fully saturated rings. The molecule has 1 aromatic carbocycles. The number of fused-ring (bicyclic) bond motifs is 3. The summed E-state index contributed by atoms with van der Waals surface area (Å²) in [6.07, 6.45) is 7.17. The Hall–Kier alpha value is -2.30.